The Hall–Kier alpha value is -0.920. The van der Waals surface area contributed by atoms with Crippen molar-refractivity contribution in [2.75, 3.05) is 18.0 Å². The van der Waals surface area contributed by atoms with Gasteiger partial charge in [0.2, 0.25) is 0 Å². The highest BCUT2D eigenvalue weighted by Crippen LogP contribution is 2.22. The van der Waals surface area contributed by atoms with Gasteiger partial charge in [0.05, 0.1) is 12.0 Å². The second kappa shape index (κ2) is 3.21. The molecule has 2 heterocycles. The molecule has 0 aromatic carbocycles. The zero-order valence-corrected chi connectivity index (χ0v) is 7.36. The van der Waals surface area contributed by atoms with Crippen LogP contribution >= 0.6 is 0 Å². The van der Waals surface area contributed by atoms with Crippen LogP contribution in [0.15, 0.2) is 23.0 Å². The maximum atomic E-state index is 5.05. The van der Waals surface area contributed by atoms with E-state index in [9.17, 15) is 0 Å². The Labute approximate surface area is 73.2 Å². The molecule has 2 heteroatoms. The first-order valence-electron chi connectivity index (χ1n) is 4.47. The van der Waals surface area contributed by atoms with Crippen molar-refractivity contribution in [3.05, 3.63) is 25.0 Å². The minimum atomic E-state index is 0.702. The second-order valence-corrected chi connectivity index (χ2v) is 3.43. The predicted octanol–water partition coefficient (Wildman–Crippen LogP) is 2.33. The summed E-state index contributed by atoms with van der Waals surface area (Å²) in [7, 11) is 0. The van der Waals surface area contributed by atoms with Gasteiger partial charge in [0, 0.05) is 13.1 Å². The molecule has 1 fully saturated rings. The van der Waals surface area contributed by atoms with Gasteiger partial charge < -0.3 is 9.32 Å². The van der Waals surface area contributed by atoms with Crippen LogP contribution in [0, 0.1) is 12.3 Å². The van der Waals surface area contributed by atoms with Crippen LogP contribution in [-0.2, 0) is 0 Å². The van der Waals surface area contributed by atoms with E-state index in [1.54, 1.807) is 6.26 Å². The third-order valence-electron chi connectivity index (χ3n) is 2.35. The van der Waals surface area contributed by atoms with Crippen LogP contribution in [0.2, 0.25) is 0 Å². The highest BCUT2D eigenvalue weighted by Gasteiger charge is 2.16. The van der Waals surface area contributed by atoms with Gasteiger partial charge >= 0.3 is 0 Å². The monoisotopic (exact) mass is 164 g/mol. The van der Waals surface area contributed by atoms with E-state index in [2.05, 4.69) is 18.2 Å². The van der Waals surface area contributed by atoms with Crippen molar-refractivity contribution in [1.82, 2.24) is 0 Å². The van der Waals surface area contributed by atoms with E-state index in [4.69, 9.17) is 4.42 Å². The lowest BCUT2D eigenvalue weighted by atomic mass is 10.0. The van der Waals surface area contributed by atoms with Crippen LogP contribution in [0.1, 0.15) is 13.3 Å². The van der Waals surface area contributed by atoms with Crippen molar-refractivity contribution in [1.29, 1.82) is 0 Å². The van der Waals surface area contributed by atoms with Crippen LogP contribution in [0.5, 0.6) is 0 Å². The number of piperidine rings is 1. The summed E-state index contributed by atoms with van der Waals surface area (Å²) in [6.07, 6.45) is 7.12. The van der Waals surface area contributed by atoms with Crippen molar-refractivity contribution in [2.45, 2.75) is 13.3 Å². The first-order valence-corrected chi connectivity index (χ1v) is 4.47. The largest absolute Gasteiger partial charge is 0.470 e. The summed E-state index contributed by atoms with van der Waals surface area (Å²) in [6.45, 7) is 4.51. The van der Waals surface area contributed by atoms with Crippen molar-refractivity contribution in [3.8, 4) is 0 Å². The Morgan fingerprint density at radius 3 is 3.17 bits per heavy atom. The van der Waals surface area contributed by atoms with Crippen molar-refractivity contribution < 1.29 is 4.42 Å². The van der Waals surface area contributed by atoms with Gasteiger partial charge in [0.1, 0.15) is 6.26 Å². The maximum absolute atomic E-state index is 5.05. The molecule has 0 spiro atoms. The van der Waals surface area contributed by atoms with Crippen molar-refractivity contribution >= 4 is 5.69 Å². The molecule has 1 atom stereocenters. The fourth-order valence-corrected chi connectivity index (χ4v) is 1.70. The molecule has 2 nitrogen and oxygen atoms in total. The molecule has 0 bridgehead atoms. The summed E-state index contributed by atoms with van der Waals surface area (Å²) in [5.41, 5.74) is 1.22. The van der Waals surface area contributed by atoms with Crippen LogP contribution < -0.4 is 4.90 Å². The molecule has 12 heavy (non-hydrogen) atoms. The summed E-state index contributed by atoms with van der Waals surface area (Å²) in [5.74, 6) is 0.702. The molecule has 1 saturated heterocycles. The number of hydrogen-bond donors (Lipinski definition) is 0. The third-order valence-corrected chi connectivity index (χ3v) is 2.35. The molecule has 1 radical (unpaired) electrons. The average molecular weight is 164 g/mol. The lowest BCUT2D eigenvalue weighted by Crippen LogP contribution is -2.34. The normalized spacial score (nSPS) is 24.4. The molecule has 0 amide bonds. The summed E-state index contributed by atoms with van der Waals surface area (Å²) in [6, 6.07) is 2.03. The lowest BCUT2D eigenvalue weighted by Gasteiger charge is -2.31. The summed E-state index contributed by atoms with van der Waals surface area (Å²) in [5, 5.41) is 0. The smallest absolute Gasteiger partial charge is 0.114 e. The minimum absolute atomic E-state index is 0.702. The number of nitrogens with zero attached hydrogens (tertiary/aromatic N) is 1. The average Bonchev–Trinajstić information content (AvgIpc) is 2.56. The molecule has 2 rings (SSSR count). The van der Waals surface area contributed by atoms with E-state index >= 15 is 0 Å². The number of hydrogen-bond acceptors (Lipinski definition) is 2. The molecule has 1 aromatic heterocycles. The van der Waals surface area contributed by atoms with Crippen LogP contribution in [0.3, 0.4) is 0 Å². The van der Waals surface area contributed by atoms with Crippen LogP contribution in [0.25, 0.3) is 0 Å². The molecule has 1 aromatic rings. The first kappa shape index (κ1) is 7.71. The van der Waals surface area contributed by atoms with Crippen molar-refractivity contribution in [3.63, 3.8) is 0 Å². The molecular weight excluding hydrogens is 150 g/mol. The molecule has 1 aliphatic heterocycles. The quantitative estimate of drug-likeness (QED) is 0.633. The van der Waals surface area contributed by atoms with Gasteiger partial charge in [-0.1, -0.05) is 6.92 Å². The predicted molar refractivity (Wildman–Crippen MR) is 49.0 cm³/mol. The number of anilines is 1. The zero-order chi connectivity index (χ0) is 8.39. The van der Waals surface area contributed by atoms with Gasteiger partial charge in [-0.25, -0.2) is 0 Å². The standard InChI is InChI=1S/C10H14NO/c1-9-3-2-5-11(7-9)10-4-6-12-8-10/h3-4,6,8-9H,2,5,7H2,1H3. The molecule has 0 saturated carbocycles. The fraction of sp³-hybridized carbons (Fsp3) is 0.500. The summed E-state index contributed by atoms with van der Waals surface area (Å²) < 4.78 is 5.05. The van der Waals surface area contributed by atoms with E-state index in [-0.39, 0.29) is 0 Å². The zero-order valence-electron chi connectivity index (χ0n) is 7.36. The summed E-state index contributed by atoms with van der Waals surface area (Å²) >= 11 is 0. The second-order valence-electron chi connectivity index (χ2n) is 3.43. The highest BCUT2D eigenvalue weighted by molar-refractivity contribution is 5.43. The lowest BCUT2D eigenvalue weighted by molar-refractivity contribution is 0.538. The molecule has 65 valence electrons. The number of furan rings is 1. The Balaban J connectivity index is 2.04. The van der Waals surface area contributed by atoms with Gasteiger partial charge in [0.25, 0.3) is 0 Å². The maximum Gasteiger partial charge on any atom is 0.114 e. The van der Waals surface area contributed by atoms with Crippen molar-refractivity contribution in [2.24, 2.45) is 5.92 Å². The highest BCUT2D eigenvalue weighted by atomic mass is 16.3. The SMILES string of the molecule is CC1[CH]CCN(c2ccoc2)C1. The van der Waals surface area contributed by atoms with Crippen LogP contribution in [0.4, 0.5) is 5.69 Å². The third kappa shape index (κ3) is 1.47. The van der Waals surface area contributed by atoms with Gasteiger partial charge in [-0.15, -0.1) is 0 Å². The van der Waals surface area contributed by atoms with Gasteiger partial charge in [-0.05, 0) is 24.8 Å². The van der Waals surface area contributed by atoms with E-state index in [1.807, 2.05) is 12.3 Å². The van der Waals surface area contributed by atoms with Gasteiger partial charge in [-0.2, -0.15) is 0 Å². The first-order chi connectivity index (χ1) is 5.86. The Kier molecular flexibility index (Phi) is 2.07. The topological polar surface area (TPSA) is 16.4 Å². The van der Waals surface area contributed by atoms with E-state index in [1.165, 1.54) is 12.1 Å². The molecule has 0 aliphatic carbocycles. The fourth-order valence-electron chi connectivity index (χ4n) is 1.70. The van der Waals surface area contributed by atoms with Crippen LogP contribution in [-0.4, -0.2) is 13.1 Å². The molecular formula is C10H14NO. The minimum Gasteiger partial charge on any atom is -0.470 e. The van der Waals surface area contributed by atoms with Gasteiger partial charge in [-0.3, -0.25) is 0 Å². The van der Waals surface area contributed by atoms with Gasteiger partial charge in [0.15, 0.2) is 0 Å². The molecule has 0 N–H and O–H groups in total. The number of rotatable bonds is 1. The summed E-state index contributed by atoms with van der Waals surface area (Å²) in [4.78, 5) is 2.37. The Morgan fingerprint density at radius 2 is 2.50 bits per heavy atom. The Bertz CT molecular complexity index is 230. The molecule has 1 aliphatic rings. The van der Waals surface area contributed by atoms with E-state index in [0.29, 0.717) is 5.92 Å². The van der Waals surface area contributed by atoms with E-state index in [0.717, 1.165) is 13.1 Å². The molecule has 1 unspecified atom stereocenters. The van der Waals surface area contributed by atoms with E-state index < -0.39 is 0 Å². The Morgan fingerprint density at radius 1 is 1.58 bits per heavy atom.